The fourth-order valence-corrected chi connectivity index (χ4v) is 4.85. The molecule has 4 N–H and O–H groups in total. The van der Waals surface area contributed by atoms with Crippen LogP contribution in [0.15, 0.2) is 55.0 Å². The second-order valence-corrected chi connectivity index (χ2v) is 10.3. The number of anilines is 2. The van der Waals surface area contributed by atoms with Gasteiger partial charge in [0.15, 0.2) is 0 Å². The number of aromatic amines is 1. The summed E-state index contributed by atoms with van der Waals surface area (Å²) in [6.07, 6.45) is 8.48. The molecule has 1 aliphatic rings. The van der Waals surface area contributed by atoms with Crippen LogP contribution in [0.2, 0.25) is 5.02 Å². The van der Waals surface area contributed by atoms with E-state index in [0.29, 0.717) is 33.7 Å². The lowest BCUT2D eigenvalue weighted by atomic mass is 10.00. The molecule has 5 rings (SSSR count). The molecule has 0 saturated heterocycles. The number of nitrogens with zero attached hydrogens (tertiary/aromatic N) is 5. The number of benzene rings is 2. The fraction of sp³-hybridized carbons (Fsp3) is 0.286. The highest BCUT2D eigenvalue weighted by molar-refractivity contribution is 6.30. The van der Waals surface area contributed by atoms with E-state index in [2.05, 4.69) is 43.4 Å². The van der Waals surface area contributed by atoms with Crippen molar-refractivity contribution in [2.24, 2.45) is 5.92 Å². The van der Waals surface area contributed by atoms with Crippen molar-refractivity contribution in [1.82, 2.24) is 35.5 Å². The normalized spacial score (nSPS) is 17.0. The molecule has 0 radical (unpaired) electrons. The number of imidazole rings is 1. The summed E-state index contributed by atoms with van der Waals surface area (Å²) in [4.78, 5) is 32.9. The van der Waals surface area contributed by atoms with Crippen LogP contribution in [0.1, 0.15) is 43.6 Å². The third-order valence-electron chi connectivity index (χ3n) is 6.80. The standard InChI is InChI=1S/C28H30ClN9O3/c1-17-4-3-5-22(34-26(39)11-6-18-12-19(29)7-10-25(18)38-16-32-36-37-38)27-31-15-24(35-27)21-9-8-20(33-28(40)41-2)13-23(21)30-14-17/h6-13,15-17,22,30H,3-5,14H2,1-2H3,(H,31,35)(H,33,40)(H,34,39)/t17-,22+/m1/s1. The topological polar surface area (TPSA) is 152 Å². The van der Waals surface area contributed by atoms with Gasteiger partial charge in [-0.05, 0) is 71.7 Å². The lowest BCUT2D eigenvalue weighted by Crippen LogP contribution is -2.28. The molecule has 2 amide bonds. The van der Waals surface area contributed by atoms with Gasteiger partial charge in [-0.15, -0.1) is 5.10 Å². The largest absolute Gasteiger partial charge is 0.453 e. The average Bonchev–Trinajstić information content (AvgIpc) is 3.67. The molecular formula is C28H30ClN9O3. The maximum absolute atomic E-state index is 13.1. The monoisotopic (exact) mass is 575 g/mol. The second-order valence-electron chi connectivity index (χ2n) is 9.82. The quantitative estimate of drug-likeness (QED) is 0.243. The number of hydrogen-bond acceptors (Lipinski definition) is 8. The predicted molar refractivity (Wildman–Crippen MR) is 156 cm³/mol. The highest BCUT2D eigenvalue weighted by Crippen LogP contribution is 2.32. The van der Waals surface area contributed by atoms with Crippen molar-refractivity contribution in [1.29, 1.82) is 0 Å². The van der Waals surface area contributed by atoms with Crippen LogP contribution < -0.4 is 16.0 Å². The molecule has 2 aromatic heterocycles. The van der Waals surface area contributed by atoms with Crippen LogP contribution in [0.5, 0.6) is 0 Å². The van der Waals surface area contributed by atoms with Crippen LogP contribution >= 0.6 is 11.6 Å². The minimum atomic E-state index is -0.539. The highest BCUT2D eigenvalue weighted by atomic mass is 35.5. The van der Waals surface area contributed by atoms with E-state index in [1.54, 1.807) is 30.3 Å². The van der Waals surface area contributed by atoms with Gasteiger partial charge >= 0.3 is 6.09 Å². The molecule has 0 unspecified atom stereocenters. The van der Waals surface area contributed by atoms with E-state index in [0.717, 1.165) is 42.8 Å². The van der Waals surface area contributed by atoms with Gasteiger partial charge in [-0.2, -0.15) is 4.68 Å². The molecule has 212 valence electrons. The van der Waals surface area contributed by atoms with E-state index >= 15 is 0 Å². The smallest absolute Gasteiger partial charge is 0.411 e. The van der Waals surface area contributed by atoms with Crippen molar-refractivity contribution < 1.29 is 14.3 Å². The van der Waals surface area contributed by atoms with Gasteiger partial charge in [0.1, 0.15) is 12.2 Å². The molecule has 13 heteroatoms. The number of ether oxygens (including phenoxy) is 1. The molecule has 0 aliphatic carbocycles. The van der Waals surface area contributed by atoms with Gasteiger partial charge in [0.05, 0.1) is 24.5 Å². The Morgan fingerprint density at radius 1 is 1.20 bits per heavy atom. The number of carbonyl (C=O) groups excluding carboxylic acids is 2. The van der Waals surface area contributed by atoms with Gasteiger partial charge in [0.25, 0.3) is 0 Å². The summed E-state index contributed by atoms with van der Waals surface area (Å²) >= 11 is 6.21. The van der Waals surface area contributed by atoms with Crippen molar-refractivity contribution in [3.05, 3.63) is 71.4 Å². The summed E-state index contributed by atoms with van der Waals surface area (Å²) in [6.45, 7) is 2.93. The fourth-order valence-electron chi connectivity index (χ4n) is 4.67. The van der Waals surface area contributed by atoms with Crippen LogP contribution in [0.25, 0.3) is 23.0 Å². The van der Waals surface area contributed by atoms with E-state index in [-0.39, 0.29) is 11.9 Å². The number of methoxy groups -OCH3 is 1. The summed E-state index contributed by atoms with van der Waals surface area (Å²) in [5.74, 6) is 0.774. The van der Waals surface area contributed by atoms with Crippen LogP contribution in [0, 0.1) is 5.92 Å². The Balaban J connectivity index is 1.38. The number of rotatable bonds is 5. The van der Waals surface area contributed by atoms with E-state index in [1.165, 1.54) is 24.2 Å². The number of hydrogen-bond donors (Lipinski definition) is 4. The molecule has 2 bridgehead atoms. The number of tetrazole rings is 1. The Morgan fingerprint density at radius 2 is 2.07 bits per heavy atom. The first-order chi connectivity index (χ1) is 19.9. The van der Waals surface area contributed by atoms with Crippen LogP contribution in [-0.2, 0) is 9.53 Å². The number of nitrogens with one attached hydrogen (secondary N) is 4. The summed E-state index contributed by atoms with van der Waals surface area (Å²) in [5, 5.41) is 21.1. The lowest BCUT2D eigenvalue weighted by Gasteiger charge is -2.20. The minimum Gasteiger partial charge on any atom is -0.453 e. The van der Waals surface area contributed by atoms with Crippen LogP contribution in [0.4, 0.5) is 16.2 Å². The van der Waals surface area contributed by atoms with Crippen LogP contribution in [0.3, 0.4) is 0 Å². The van der Waals surface area contributed by atoms with Gasteiger partial charge < -0.3 is 20.4 Å². The van der Waals surface area contributed by atoms with Gasteiger partial charge in [-0.25, -0.2) is 9.78 Å². The predicted octanol–water partition coefficient (Wildman–Crippen LogP) is 4.99. The molecule has 4 aromatic rings. The van der Waals surface area contributed by atoms with E-state index in [4.69, 9.17) is 21.3 Å². The Bertz CT molecular complexity index is 1550. The molecule has 1 aliphatic heterocycles. The Labute approximate surface area is 241 Å². The third kappa shape index (κ3) is 6.90. The van der Waals surface area contributed by atoms with Gasteiger partial charge in [0.2, 0.25) is 5.91 Å². The summed E-state index contributed by atoms with van der Waals surface area (Å²) in [7, 11) is 1.32. The maximum Gasteiger partial charge on any atom is 0.411 e. The summed E-state index contributed by atoms with van der Waals surface area (Å²) in [6, 6.07) is 10.5. The average molecular weight is 576 g/mol. The van der Waals surface area contributed by atoms with Gasteiger partial charge in [-0.3, -0.25) is 10.1 Å². The Morgan fingerprint density at radius 3 is 2.88 bits per heavy atom. The zero-order valence-electron chi connectivity index (χ0n) is 22.6. The Kier molecular flexibility index (Phi) is 8.59. The van der Waals surface area contributed by atoms with Crippen LogP contribution in [-0.4, -0.2) is 55.8 Å². The molecule has 2 atom stereocenters. The first-order valence-corrected chi connectivity index (χ1v) is 13.6. The lowest BCUT2D eigenvalue weighted by molar-refractivity contribution is -0.117. The molecule has 0 fully saturated rings. The number of fused-ring (bicyclic) bond motifs is 4. The summed E-state index contributed by atoms with van der Waals surface area (Å²) < 4.78 is 6.23. The molecule has 0 spiro atoms. The highest BCUT2D eigenvalue weighted by Gasteiger charge is 2.21. The molecular weight excluding hydrogens is 546 g/mol. The van der Waals surface area contributed by atoms with Crippen molar-refractivity contribution in [2.45, 2.75) is 32.2 Å². The van der Waals surface area contributed by atoms with Crippen molar-refractivity contribution in [3.63, 3.8) is 0 Å². The first-order valence-electron chi connectivity index (χ1n) is 13.2. The molecule has 3 heterocycles. The number of aromatic nitrogens is 6. The Hall–Kier alpha value is -4.71. The third-order valence-corrected chi connectivity index (χ3v) is 7.04. The van der Waals surface area contributed by atoms with Gasteiger partial charge in [0, 0.05) is 46.3 Å². The summed E-state index contributed by atoms with van der Waals surface area (Å²) in [5.41, 5.74) is 4.43. The van der Waals surface area contributed by atoms with Crippen molar-refractivity contribution in [2.75, 3.05) is 24.3 Å². The van der Waals surface area contributed by atoms with E-state index in [9.17, 15) is 9.59 Å². The zero-order chi connectivity index (χ0) is 28.8. The van der Waals surface area contributed by atoms with E-state index < -0.39 is 6.09 Å². The molecule has 12 nitrogen and oxygen atoms in total. The number of carbonyl (C=O) groups is 2. The van der Waals surface area contributed by atoms with Crippen molar-refractivity contribution in [3.8, 4) is 16.9 Å². The number of halogens is 1. The van der Waals surface area contributed by atoms with Crippen molar-refractivity contribution >= 4 is 41.1 Å². The molecule has 41 heavy (non-hydrogen) atoms. The zero-order valence-corrected chi connectivity index (χ0v) is 23.4. The minimum absolute atomic E-state index is 0.267. The SMILES string of the molecule is COC(=O)Nc1ccc2c(c1)NC[C@H](C)CCC[C@H](NC(=O)C=Cc1cc(Cl)ccc1-n1cnnn1)c1nc-2c[nH]1. The number of H-pyrrole nitrogens is 1. The molecule has 0 saturated carbocycles. The van der Waals surface area contributed by atoms with Gasteiger partial charge in [-0.1, -0.05) is 24.9 Å². The first kappa shape index (κ1) is 27.8. The molecule has 2 aromatic carbocycles. The second kappa shape index (κ2) is 12.6. The maximum atomic E-state index is 13.1. The number of amides is 2. The van der Waals surface area contributed by atoms with E-state index in [1.807, 2.05) is 18.3 Å².